The molecule has 0 unspecified atom stereocenters. The van der Waals surface area contributed by atoms with Crippen LogP contribution in [-0.2, 0) is 16.6 Å². The average molecular weight is 428 g/mol. The highest BCUT2D eigenvalue weighted by atomic mass is 32.2. The zero-order valence-corrected chi connectivity index (χ0v) is 17.5. The predicted molar refractivity (Wildman–Crippen MR) is 116 cm³/mol. The van der Waals surface area contributed by atoms with Gasteiger partial charge in [-0.2, -0.15) is 5.10 Å². The van der Waals surface area contributed by atoms with Crippen LogP contribution in [0.1, 0.15) is 29.0 Å². The Morgan fingerprint density at radius 1 is 1.10 bits per heavy atom. The van der Waals surface area contributed by atoms with Crippen molar-refractivity contribution >= 4 is 21.6 Å². The molecule has 8 nitrogen and oxygen atoms in total. The number of sulfonamides is 1. The standard InChI is InChI=1S/C21H25N5O3S/c1-15-14-19(26(25-15)13-5-4-12-22)21(27)24-17-10-8-16(9-11-17)18-6-2-3-7-20(18)30(23,28)29/h2-3,6-11,14H,4-5,12-13,22H2,1H3,(H,24,27)(H2,23,28,29). The van der Waals surface area contributed by atoms with Crippen LogP contribution in [0.15, 0.2) is 59.5 Å². The van der Waals surface area contributed by atoms with Gasteiger partial charge in [0.15, 0.2) is 0 Å². The van der Waals surface area contributed by atoms with Crippen molar-refractivity contribution in [2.24, 2.45) is 10.9 Å². The molecule has 0 saturated heterocycles. The molecule has 0 radical (unpaired) electrons. The Hall–Kier alpha value is -3.01. The Kier molecular flexibility index (Phi) is 6.66. The number of anilines is 1. The lowest BCUT2D eigenvalue weighted by atomic mass is 10.1. The highest BCUT2D eigenvalue weighted by Gasteiger charge is 2.16. The summed E-state index contributed by atoms with van der Waals surface area (Å²) >= 11 is 0. The monoisotopic (exact) mass is 427 g/mol. The van der Waals surface area contributed by atoms with Crippen molar-refractivity contribution in [2.75, 3.05) is 11.9 Å². The second kappa shape index (κ2) is 9.21. The molecular formula is C21H25N5O3S. The summed E-state index contributed by atoms with van der Waals surface area (Å²) in [5, 5.41) is 12.6. The molecule has 158 valence electrons. The molecule has 1 heterocycles. The largest absolute Gasteiger partial charge is 0.330 e. The quantitative estimate of drug-likeness (QED) is 0.475. The summed E-state index contributed by atoms with van der Waals surface area (Å²) in [4.78, 5) is 12.8. The van der Waals surface area contributed by atoms with E-state index in [4.69, 9.17) is 10.9 Å². The van der Waals surface area contributed by atoms with Crippen molar-refractivity contribution in [1.29, 1.82) is 0 Å². The van der Waals surface area contributed by atoms with Gasteiger partial charge in [-0.05, 0) is 56.1 Å². The van der Waals surface area contributed by atoms with Crippen LogP contribution in [0.3, 0.4) is 0 Å². The zero-order valence-electron chi connectivity index (χ0n) is 16.7. The fourth-order valence-corrected chi connectivity index (χ4v) is 3.95. The number of carbonyl (C=O) groups excluding carboxylic acids is 1. The molecular weight excluding hydrogens is 402 g/mol. The number of nitrogens with one attached hydrogen (secondary N) is 1. The molecule has 0 atom stereocenters. The summed E-state index contributed by atoms with van der Waals surface area (Å²) in [6.07, 6.45) is 1.71. The highest BCUT2D eigenvalue weighted by molar-refractivity contribution is 7.89. The molecule has 3 aromatic rings. The third kappa shape index (κ3) is 5.12. The first-order chi connectivity index (χ1) is 14.3. The second-order valence-electron chi connectivity index (χ2n) is 6.96. The SMILES string of the molecule is Cc1cc(C(=O)Nc2ccc(-c3ccccc3S(N)(=O)=O)cc2)n(CCCCN)n1. The van der Waals surface area contributed by atoms with Crippen molar-refractivity contribution in [3.8, 4) is 11.1 Å². The molecule has 0 aliphatic carbocycles. The smallest absolute Gasteiger partial charge is 0.273 e. The Balaban J connectivity index is 1.78. The van der Waals surface area contributed by atoms with Gasteiger partial charge in [0.2, 0.25) is 10.0 Å². The lowest BCUT2D eigenvalue weighted by Gasteiger charge is -2.10. The van der Waals surface area contributed by atoms with E-state index in [-0.39, 0.29) is 10.8 Å². The van der Waals surface area contributed by atoms with Gasteiger partial charge in [0, 0.05) is 17.8 Å². The van der Waals surface area contributed by atoms with Gasteiger partial charge in [0.05, 0.1) is 10.6 Å². The number of primary sulfonamides is 1. The third-order valence-electron chi connectivity index (χ3n) is 4.61. The van der Waals surface area contributed by atoms with Crippen LogP contribution in [0.4, 0.5) is 5.69 Å². The first-order valence-electron chi connectivity index (χ1n) is 9.58. The van der Waals surface area contributed by atoms with E-state index < -0.39 is 10.0 Å². The zero-order chi connectivity index (χ0) is 21.7. The maximum absolute atomic E-state index is 12.7. The summed E-state index contributed by atoms with van der Waals surface area (Å²) < 4.78 is 25.4. The number of hydrogen-bond donors (Lipinski definition) is 3. The highest BCUT2D eigenvalue weighted by Crippen LogP contribution is 2.27. The number of benzene rings is 2. The van der Waals surface area contributed by atoms with E-state index >= 15 is 0 Å². The Morgan fingerprint density at radius 2 is 1.80 bits per heavy atom. The molecule has 2 aromatic carbocycles. The number of unbranched alkanes of at least 4 members (excludes halogenated alkanes) is 1. The number of aromatic nitrogens is 2. The van der Waals surface area contributed by atoms with Crippen molar-refractivity contribution in [1.82, 2.24) is 9.78 Å². The minimum Gasteiger partial charge on any atom is -0.330 e. The lowest BCUT2D eigenvalue weighted by Crippen LogP contribution is -2.18. The van der Waals surface area contributed by atoms with Crippen LogP contribution in [-0.4, -0.2) is 30.7 Å². The van der Waals surface area contributed by atoms with Crippen molar-refractivity contribution in [2.45, 2.75) is 31.2 Å². The fourth-order valence-electron chi connectivity index (χ4n) is 3.19. The topological polar surface area (TPSA) is 133 Å². The molecule has 0 saturated carbocycles. The van der Waals surface area contributed by atoms with E-state index in [2.05, 4.69) is 10.4 Å². The molecule has 0 fully saturated rings. The summed E-state index contributed by atoms with van der Waals surface area (Å²) in [7, 11) is -3.85. The number of aryl methyl sites for hydroxylation is 2. The van der Waals surface area contributed by atoms with Gasteiger partial charge < -0.3 is 11.1 Å². The maximum Gasteiger partial charge on any atom is 0.273 e. The normalized spacial score (nSPS) is 11.4. The van der Waals surface area contributed by atoms with Crippen LogP contribution >= 0.6 is 0 Å². The predicted octanol–water partition coefficient (Wildman–Crippen LogP) is 2.50. The van der Waals surface area contributed by atoms with Crippen molar-refractivity contribution in [3.05, 3.63) is 66.0 Å². The van der Waals surface area contributed by atoms with Crippen LogP contribution in [0.2, 0.25) is 0 Å². The van der Waals surface area contributed by atoms with Crippen LogP contribution in [0.5, 0.6) is 0 Å². The first-order valence-corrected chi connectivity index (χ1v) is 11.1. The van der Waals surface area contributed by atoms with Crippen LogP contribution < -0.4 is 16.2 Å². The molecule has 9 heteroatoms. The van der Waals surface area contributed by atoms with Gasteiger partial charge in [-0.3, -0.25) is 9.48 Å². The fraction of sp³-hybridized carbons (Fsp3) is 0.238. The van der Waals surface area contributed by atoms with E-state index in [0.29, 0.717) is 35.6 Å². The summed E-state index contributed by atoms with van der Waals surface area (Å²) in [5.41, 5.74) is 8.56. The summed E-state index contributed by atoms with van der Waals surface area (Å²) in [6, 6.07) is 15.2. The molecule has 3 rings (SSSR count). The number of hydrogen-bond acceptors (Lipinski definition) is 5. The van der Waals surface area contributed by atoms with Gasteiger partial charge in [0.1, 0.15) is 5.69 Å². The summed E-state index contributed by atoms with van der Waals surface area (Å²) in [5.74, 6) is -0.263. The van der Waals surface area contributed by atoms with E-state index in [0.717, 1.165) is 18.5 Å². The van der Waals surface area contributed by atoms with Gasteiger partial charge in [0.25, 0.3) is 5.91 Å². The lowest BCUT2D eigenvalue weighted by molar-refractivity contribution is 0.101. The molecule has 0 bridgehead atoms. The Labute approximate surface area is 175 Å². The average Bonchev–Trinajstić information content (AvgIpc) is 3.09. The van der Waals surface area contributed by atoms with Crippen LogP contribution in [0.25, 0.3) is 11.1 Å². The van der Waals surface area contributed by atoms with Gasteiger partial charge in [-0.15, -0.1) is 0 Å². The van der Waals surface area contributed by atoms with Crippen LogP contribution in [0, 0.1) is 6.92 Å². The molecule has 0 aliphatic heterocycles. The first kappa shape index (κ1) is 21.7. The Bertz CT molecular complexity index is 1140. The molecule has 5 N–H and O–H groups in total. The van der Waals surface area contributed by atoms with Crippen molar-refractivity contribution in [3.63, 3.8) is 0 Å². The van der Waals surface area contributed by atoms with Gasteiger partial charge >= 0.3 is 0 Å². The third-order valence-corrected chi connectivity index (χ3v) is 5.58. The molecule has 1 amide bonds. The number of nitrogens with two attached hydrogens (primary N) is 2. The molecule has 0 aliphatic rings. The molecule has 0 spiro atoms. The van der Waals surface area contributed by atoms with Crippen molar-refractivity contribution < 1.29 is 13.2 Å². The van der Waals surface area contributed by atoms with E-state index in [1.807, 2.05) is 6.92 Å². The van der Waals surface area contributed by atoms with E-state index in [9.17, 15) is 13.2 Å². The Morgan fingerprint density at radius 3 is 2.47 bits per heavy atom. The summed E-state index contributed by atoms with van der Waals surface area (Å²) in [6.45, 7) is 3.06. The number of amides is 1. The maximum atomic E-state index is 12.7. The minimum atomic E-state index is -3.85. The number of rotatable bonds is 8. The number of nitrogens with zero attached hydrogens (tertiary/aromatic N) is 2. The van der Waals surface area contributed by atoms with Gasteiger partial charge in [-0.25, -0.2) is 13.6 Å². The molecule has 30 heavy (non-hydrogen) atoms. The second-order valence-corrected chi connectivity index (χ2v) is 8.49. The van der Waals surface area contributed by atoms with E-state index in [1.54, 1.807) is 53.2 Å². The minimum absolute atomic E-state index is 0.0543. The number of carbonyl (C=O) groups is 1. The van der Waals surface area contributed by atoms with Gasteiger partial charge in [-0.1, -0.05) is 30.3 Å². The van der Waals surface area contributed by atoms with E-state index in [1.165, 1.54) is 6.07 Å². The molecule has 1 aromatic heterocycles.